The van der Waals surface area contributed by atoms with E-state index in [2.05, 4.69) is 4.99 Å². The zero-order chi connectivity index (χ0) is 20.5. The molecule has 0 saturated carbocycles. The van der Waals surface area contributed by atoms with Gasteiger partial charge in [-0.15, -0.1) is 0 Å². The first kappa shape index (κ1) is 20.5. The van der Waals surface area contributed by atoms with Crippen LogP contribution in [0.1, 0.15) is 36.5 Å². The predicted octanol–water partition coefficient (Wildman–Crippen LogP) is 1.75. The number of carbonyl (C=O) groups excluding carboxylic acids is 2. The number of fused-ring (bicyclic) bond motifs is 1. The number of carboxylic acid groups (broad SMARTS) is 1. The van der Waals surface area contributed by atoms with E-state index < -0.39 is 27.8 Å². The third-order valence-electron chi connectivity index (χ3n) is 4.61. The van der Waals surface area contributed by atoms with Gasteiger partial charge in [-0.25, -0.2) is 8.42 Å². The Hall–Kier alpha value is -2.20. The first-order valence-electron chi connectivity index (χ1n) is 8.77. The molecule has 1 aromatic rings. The van der Waals surface area contributed by atoms with Crippen molar-refractivity contribution in [2.45, 2.75) is 37.5 Å². The van der Waals surface area contributed by atoms with E-state index in [1.54, 1.807) is 29.2 Å². The minimum absolute atomic E-state index is 0.00665. The van der Waals surface area contributed by atoms with Gasteiger partial charge in [-0.3, -0.25) is 14.4 Å². The molecule has 2 atom stereocenters. The van der Waals surface area contributed by atoms with E-state index in [1.807, 2.05) is 0 Å². The Kier molecular flexibility index (Phi) is 5.90. The maximum atomic E-state index is 12.2. The molecule has 0 radical (unpaired) electrons. The smallest absolute Gasteiger partial charge is 0.303 e. The molecule has 3 rings (SSSR count). The second-order valence-electron chi connectivity index (χ2n) is 6.78. The van der Waals surface area contributed by atoms with E-state index in [9.17, 15) is 22.8 Å². The molecule has 1 aromatic carbocycles. The number of anilines is 1. The topological polar surface area (TPSA) is 121 Å². The minimum Gasteiger partial charge on any atom is -0.481 e. The lowest BCUT2D eigenvalue weighted by atomic mass is 10.1. The van der Waals surface area contributed by atoms with Gasteiger partial charge in [0, 0.05) is 23.7 Å². The van der Waals surface area contributed by atoms with Crippen LogP contribution in [-0.4, -0.2) is 59.1 Å². The Morgan fingerprint density at radius 3 is 2.61 bits per heavy atom. The van der Waals surface area contributed by atoms with Crippen molar-refractivity contribution in [2.24, 2.45) is 4.99 Å². The lowest BCUT2D eigenvalue weighted by Gasteiger charge is -2.26. The molecule has 2 aliphatic heterocycles. The maximum absolute atomic E-state index is 12.2. The zero-order valence-electron chi connectivity index (χ0n) is 15.2. The summed E-state index contributed by atoms with van der Waals surface area (Å²) in [4.78, 5) is 40.7. The monoisotopic (exact) mass is 424 g/mol. The fourth-order valence-corrected chi connectivity index (χ4v) is 7.31. The second kappa shape index (κ2) is 8.04. The highest BCUT2D eigenvalue weighted by atomic mass is 32.2. The van der Waals surface area contributed by atoms with Crippen LogP contribution < -0.4 is 4.90 Å². The molecule has 0 aromatic heterocycles. The number of hydrogen-bond acceptors (Lipinski definition) is 6. The normalized spacial score (nSPS) is 24.3. The van der Waals surface area contributed by atoms with Gasteiger partial charge < -0.3 is 10.0 Å². The minimum atomic E-state index is -3.21. The molecule has 2 aliphatic rings. The predicted molar refractivity (Wildman–Crippen MR) is 107 cm³/mol. The van der Waals surface area contributed by atoms with Crippen molar-refractivity contribution in [1.82, 2.24) is 0 Å². The van der Waals surface area contributed by atoms with Crippen LogP contribution in [0.2, 0.25) is 0 Å². The van der Waals surface area contributed by atoms with Gasteiger partial charge in [-0.2, -0.15) is 4.99 Å². The van der Waals surface area contributed by atoms with Crippen molar-refractivity contribution >= 4 is 50.1 Å². The highest BCUT2D eigenvalue weighted by Gasteiger charge is 2.49. The summed E-state index contributed by atoms with van der Waals surface area (Å²) in [6, 6.07) is 6.44. The van der Waals surface area contributed by atoms with E-state index in [1.165, 1.54) is 18.7 Å². The molecule has 0 bridgehead atoms. The van der Waals surface area contributed by atoms with Crippen molar-refractivity contribution in [1.29, 1.82) is 0 Å². The number of nitrogens with zero attached hydrogens (tertiary/aromatic N) is 2. The van der Waals surface area contributed by atoms with Gasteiger partial charge >= 0.3 is 5.97 Å². The number of para-hydroxylation sites is 1. The highest BCUT2D eigenvalue weighted by molar-refractivity contribution is 8.16. The number of amides is 1. The summed E-state index contributed by atoms with van der Waals surface area (Å²) in [5.74, 6) is -1.68. The van der Waals surface area contributed by atoms with Gasteiger partial charge in [0.25, 0.3) is 0 Å². The third-order valence-corrected chi connectivity index (χ3v) is 7.82. The molecule has 150 valence electrons. The van der Waals surface area contributed by atoms with Crippen LogP contribution in [-0.2, 0) is 19.4 Å². The van der Waals surface area contributed by atoms with Gasteiger partial charge in [-0.1, -0.05) is 23.9 Å². The van der Waals surface area contributed by atoms with Crippen molar-refractivity contribution in [2.75, 3.05) is 16.4 Å². The summed E-state index contributed by atoms with van der Waals surface area (Å²) in [5, 5.41) is 8.79. The molecule has 0 aliphatic carbocycles. The number of carboxylic acids is 1. The molecule has 2 heterocycles. The molecule has 2 saturated heterocycles. The number of hydrogen-bond donors (Lipinski definition) is 1. The number of aliphatic carboxylic acids is 1. The maximum Gasteiger partial charge on any atom is 0.303 e. The number of thioether (sulfide) groups is 1. The van der Waals surface area contributed by atoms with Gasteiger partial charge in [-0.05, 0) is 25.5 Å². The molecule has 1 N–H and O–H groups in total. The standard InChI is InChI=1S/C18H20N2O6S2/c1-11(21)12-5-2-3-6-13(12)20-14-9-28(25,26)10-15(14)27-18(20)19-16(22)7-4-8-17(23)24/h2-3,5-6,14-15H,4,7-10H2,1H3,(H,23,24). The van der Waals surface area contributed by atoms with E-state index >= 15 is 0 Å². The first-order chi connectivity index (χ1) is 13.2. The number of carbonyl (C=O) groups is 3. The highest BCUT2D eigenvalue weighted by Crippen LogP contribution is 2.42. The number of rotatable bonds is 6. The van der Waals surface area contributed by atoms with E-state index in [0.29, 0.717) is 16.4 Å². The molecule has 10 heteroatoms. The van der Waals surface area contributed by atoms with Gasteiger partial charge in [0.2, 0.25) is 5.91 Å². The lowest BCUT2D eigenvalue weighted by Crippen LogP contribution is -2.38. The number of ketones is 1. The molecule has 8 nitrogen and oxygen atoms in total. The Balaban J connectivity index is 1.94. The summed E-state index contributed by atoms with van der Waals surface area (Å²) < 4.78 is 24.2. The van der Waals surface area contributed by atoms with Crippen molar-refractivity contribution in [3.8, 4) is 0 Å². The van der Waals surface area contributed by atoms with E-state index in [4.69, 9.17) is 5.11 Å². The first-order valence-corrected chi connectivity index (χ1v) is 11.5. The third kappa shape index (κ3) is 4.44. The van der Waals surface area contributed by atoms with Crippen LogP contribution in [0.4, 0.5) is 5.69 Å². The second-order valence-corrected chi connectivity index (χ2v) is 10.1. The van der Waals surface area contributed by atoms with Crippen molar-refractivity contribution in [3.63, 3.8) is 0 Å². The molecular formula is C18H20N2O6S2. The fourth-order valence-electron chi connectivity index (χ4n) is 3.38. The van der Waals surface area contributed by atoms with E-state index in [-0.39, 0.29) is 41.8 Å². The molecule has 2 unspecified atom stereocenters. The number of sulfone groups is 1. The summed E-state index contributed by atoms with van der Waals surface area (Å²) in [6.07, 6.45) is 0.0528. The van der Waals surface area contributed by atoms with Crippen molar-refractivity contribution < 1.29 is 27.9 Å². The van der Waals surface area contributed by atoms with Crippen molar-refractivity contribution in [3.05, 3.63) is 29.8 Å². The average Bonchev–Trinajstić information content (AvgIpc) is 3.05. The van der Waals surface area contributed by atoms with Gasteiger partial charge in [0.15, 0.2) is 20.8 Å². The Morgan fingerprint density at radius 1 is 1.21 bits per heavy atom. The molecule has 0 spiro atoms. The Labute approximate surface area is 166 Å². The average molecular weight is 425 g/mol. The zero-order valence-corrected chi connectivity index (χ0v) is 16.8. The molecule has 28 heavy (non-hydrogen) atoms. The SMILES string of the molecule is CC(=O)c1ccccc1N1C(=NC(=O)CCCC(=O)O)SC2CS(=O)(=O)CC21. The quantitative estimate of drug-likeness (QED) is 0.686. The summed E-state index contributed by atoms with van der Waals surface area (Å²) in [5.41, 5.74) is 0.961. The molecular weight excluding hydrogens is 404 g/mol. The van der Waals surface area contributed by atoms with Crippen LogP contribution in [0.25, 0.3) is 0 Å². The van der Waals surface area contributed by atoms with Crippen LogP contribution >= 0.6 is 11.8 Å². The van der Waals surface area contributed by atoms with E-state index in [0.717, 1.165) is 0 Å². The lowest BCUT2D eigenvalue weighted by molar-refractivity contribution is -0.137. The number of amidine groups is 1. The Bertz CT molecular complexity index is 957. The Morgan fingerprint density at radius 2 is 1.93 bits per heavy atom. The fraction of sp³-hybridized carbons (Fsp3) is 0.444. The van der Waals surface area contributed by atoms with Crippen LogP contribution in [0.3, 0.4) is 0 Å². The largest absolute Gasteiger partial charge is 0.481 e. The number of aliphatic imine (C=N–C) groups is 1. The summed E-state index contributed by atoms with van der Waals surface area (Å²) in [6.45, 7) is 1.43. The number of Topliss-reactive ketones (excluding diaryl/α,β-unsaturated/α-hetero) is 1. The molecule has 2 fully saturated rings. The van der Waals surface area contributed by atoms with Gasteiger partial charge in [0.05, 0.1) is 23.2 Å². The van der Waals surface area contributed by atoms with Crippen LogP contribution in [0, 0.1) is 0 Å². The molecule has 1 amide bonds. The summed E-state index contributed by atoms with van der Waals surface area (Å²) >= 11 is 1.22. The summed E-state index contributed by atoms with van der Waals surface area (Å²) in [7, 11) is -3.21. The van der Waals surface area contributed by atoms with Gasteiger partial charge in [0.1, 0.15) is 0 Å². The van der Waals surface area contributed by atoms with Crippen LogP contribution in [0.5, 0.6) is 0 Å². The number of benzene rings is 1. The van der Waals surface area contributed by atoms with Crippen LogP contribution in [0.15, 0.2) is 29.3 Å².